The number of rotatable bonds is 7. The normalized spacial score (nSPS) is 16.7. The molecule has 1 fully saturated rings. The lowest BCUT2D eigenvalue weighted by atomic mass is 9.95. The van der Waals surface area contributed by atoms with Crippen LogP contribution < -0.4 is 0 Å². The SMILES string of the molecule is CC[C@@H](Sc1nnc(Cc2cccs2)n1C1CCCCC1)C(=O)OC. The molecule has 1 atom stereocenters. The number of ether oxygens (including phenoxy) is 1. The molecule has 0 amide bonds. The summed E-state index contributed by atoms with van der Waals surface area (Å²) in [5.41, 5.74) is 0. The first-order chi connectivity index (χ1) is 12.2. The summed E-state index contributed by atoms with van der Waals surface area (Å²) in [5, 5.41) is 11.7. The average Bonchev–Trinajstić information content (AvgIpc) is 3.30. The van der Waals surface area contributed by atoms with Crippen LogP contribution in [0.2, 0.25) is 0 Å². The van der Waals surface area contributed by atoms with E-state index in [0.717, 1.165) is 36.7 Å². The molecule has 2 heterocycles. The van der Waals surface area contributed by atoms with Crippen molar-refractivity contribution in [3.05, 3.63) is 28.2 Å². The maximum Gasteiger partial charge on any atom is 0.319 e. The van der Waals surface area contributed by atoms with Crippen molar-refractivity contribution >= 4 is 29.1 Å². The van der Waals surface area contributed by atoms with Crippen molar-refractivity contribution in [1.29, 1.82) is 0 Å². The number of methoxy groups -OCH3 is 1. The number of carbonyl (C=O) groups excluding carboxylic acids is 1. The fourth-order valence-electron chi connectivity index (χ4n) is 3.34. The second kappa shape index (κ2) is 8.85. The molecule has 7 heteroatoms. The van der Waals surface area contributed by atoms with E-state index in [0.29, 0.717) is 6.04 Å². The lowest BCUT2D eigenvalue weighted by molar-refractivity contribution is -0.140. The van der Waals surface area contributed by atoms with Crippen LogP contribution in [-0.4, -0.2) is 33.1 Å². The summed E-state index contributed by atoms with van der Waals surface area (Å²) in [6, 6.07) is 4.65. The zero-order valence-corrected chi connectivity index (χ0v) is 16.4. The molecule has 1 aliphatic carbocycles. The van der Waals surface area contributed by atoms with Crippen LogP contribution in [-0.2, 0) is 16.0 Å². The number of aromatic nitrogens is 3. The minimum Gasteiger partial charge on any atom is -0.468 e. The topological polar surface area (TPSA) is 57.0 Å². The maximum atomic E-state index is 12.0. The van der Waals surface area contributed by atoms with Crippen molar-refractivity contribution in [2.75, 3.05) is 7.11 Å². The van der Waals surface area contributed by atoms with Crippen LogP contribution in [0.1, 0.15) is 62.2 Å². The van der Waals surface area contributed by atoms with Gasteiger partial charge in [0.15, 0.2) is 5.16 Å². The van der Waals surface area contributed by atoms with Gasteiger partial charge in [0.2, 0.25) is 0 Å². The Bertz CT molecular complexity index is 679. The Morgan fingerprint density at radius 2 is 2.20 bits per heavy atom. The zero-order valence-electron chi connectivity index (χ0n) is 14.8. The molecule has 0 bridgehead atoms. The molecule has 0 spiro atoms. The Hall–Kier alpha value is -1.34. The first kappa shape index (κ1) is 18.5. The van der Waals surface area contributed by atoms with Gasteiger partial charge in [0, 0.05) is 17.3 Å². The number of thiophene rings is 1. The summed E-state index contributed by atoms with van der Waals surface area (Å²) in [5.74, 6) is 0.821. The van der Waals surface area contributed by atoms with Gasteiger partial charge in [-0.25, -0.2) is 0 Å². The van der Waals surface area contributed by atoms with Crippen LogP contribution in [0.25, 0.3) is 0 Å². The fraction of sp³-hybridized carbons (Fsp3) is 0.611. The van der Waals surface area contributed by atoms with Gasteiger partial charge in [0.05, 0.1) is 7.11 Å². The number of hydrogen-bond donors (Lipinski definition) is 0. The van der Waals surface area contributed by atoms with Crippen molar-refractivity contribution in [3.8, 4) is 0 Å². The summed E-state index contributed by atoms with van der Waals surface area (Å²) < 4.78 is 7.24. The van der Waals surface area contributed by atoms with Crippen molar-refractivity contribution in [1.82, 2.24) is 14.8 Å². The van der Waals surface area contributed by atoms with E-state index < -0.39 is 0 Å². The molecule has 0 radical (unpaired) electrons. The molecular formula is C18H25N3O2S2. The molecule has 3 rings (SSSR count). The molecule has 1 saturated carbocycles. The second-order valence-corrected chi connectivity index (χ2v) is 8.56. The van der Waals surface area contributed by atoms with Crippen molar-refractivity contribution in [2.24, 2.45) is 0 Å². The van der Waals surface area contributed by atoms with Crippen LogP contribution in [0.3, 0.4) is 0 Å². The molecule has 136 valence electrons. The summed E-state index contributed by atoms with van der Waals surface area (Å²) in [7, 11) is 1.44. The van der Waals surface area contributed by atoms with Crippen molar-refractivity contribution in [3.63, 3.8) is 0 Å². The lowest BCUT2D eigenvalue weighted by Gasteiger charge is -2.26. The molecule has 0 N–H and O–H groups in total. The Morgan fingerprint density at radius 1 is 1.40 bits per heavy atom. The number of nitrogens with zero attached hydrogens (tertiary/aromatic N) is 3. The van der Waals surface area contributed by atoms with E-state index in [1.165, 1.54) is 43.0 Å². The predicted octanol–water partition coefficient (Wildman–Crippen LogP) is 4.48. The fourth-order valence-corrected chi connectivity index (χ4v) is 5.11. The quantitative estimate of drug-likeness (QED) is 0.524. The lowest BCUT2D eigenvalue weighted by Crippen LogP contribution is -2.21. The van der Waals surface area contributed by atoms with Gasteiger partial charge in [-0.05, 0) is 30.7 Å². The smallest absolute Gasteiger partial charge is 0.319 e. The first-order valence-corrected chi connectivity index (χ1v) is 10.7. The van der Waals surface area contributed by atoms with Gasteiger partial charge in [-0.15, -0.1) is 21.5 Å². The summed E-state index contributed by atoms with van der Waals surface area (Å²) >= 11 is 3.24. The summed E-state index contributed by atoms with van der Waals surface area (Å²) in [6.07, 6.45) is 7.66. The van der Waals surface area contributed by atoms with Gasteiger partial charge in [-0.1, -0.05) is 44.0 Å². The number of esters is 1. The summed E-state index contributed by atoms with van der Waals surface area (Å²) in [4.78, 5) is 13.3. The van der Waals surface area contributed by atoms with Gasteiger partial charge in [-0.2, -0.15) is 0 Å². The van der Waals surface area contributed by atoms with Gasteiger partial charge >= 0.3 is 5.97 Å². The molecule has 5 nitrogen and oxygen atoms in total. The van der Waals surface area contributed by atoms with E-state index in [2.05, 4.69) is 32.3 Å². The molecule has 0 unspecified atom stereocenters. The van der Waals surface area contributed by atoms with Crippen molar-refractivity contribution in [2.45, 2.75) is 68.3 Å². The van der Waals surface area contributed by atoms with E-state index in [1.54, 1.807) is 11.3 Å². The zero-order chi connectivity index (χ0) is 17.6. The Balaban J connectivity index is 1.88. The Labute approximate surface area is 157 Å². The third kappa shape index (κ3) is 4.44. The maximum absolute atomic E-state index is 12.0. The van der Waals surface area contributed by atoms with Gasteiger partial charge in [-0.3, -0.25) is 4.79 Å². The van der Waals surface area contributed by atoms with Gasteiger partial charge < -0.3 is 9.30 Å². The molecular weight excluding hydrogens is 354 g/mol. The third-order valence-corrected chi connectivity index (χ3v) is 6.85. The van der Waals surface area contributed by atoms with E-state index in [9.17, 15) is 4.79 Å². The molecule has 2 aromatic rings. The molecule has 0 saturated heterocycles. The van der Waals surface area contributed by atoms with Crippen LogP contribution >= 0.6 is 23.1 Å². The molecule has 0 aliphatic heterocycles. The number of hydrogen-bond acceptors (Lipinski definition) is 6. The average molecular weight is 380 g/mol. The Morgan fingerprint density at radius 3 is 2.84 bits per heavy atom. The highest BCUT2D eigenvalue weighted by Crippen LogP contribution is 2.35. The molecule has 2 aromatic heterocycles. The largest absolute Gasteiger partial charge is 0.468 e. The van der Waals surface area contributed by atoms with Crippen molar-refractivity contribution < 1.29 is 9.53 Å². The highest BCUT2D eigenvalue weighted by Gasteiger charge is 2.27. The summed E-state index contributed by atoms with van der Waals surface area (Å²) in [6.45, 7) is 2.00. The predicted molar refractivity (Wildman–Crippen MR) is 101 cm³/mol. The number of thioether (sulfide) groups is 1. The van der Waals surface area contributed by atoms with Crippen LogP contribution in [0.15, 0.2) is 22.7 Å². The van der Waals surface area contributed by atoms with E-state index in [4.69, 9.17) is 4.74 Å². The Kier molecular flexibility index (Phi) is 6.53. The first-order valence-electron chi connectivity index (χ1n) is 8.93. The highest BCUT2D eigenvalue weighted by atomic mass is 32.2. The molecule has 25 heavy (non-hydrogen) atoms. The molecule has 0 aromatic carbocycles. The minimum atomic E-state index is -0.230. The highest BCUT2D eigenvalue weighted by molar-refractivity contribution is 8.00. The second-order valence-electron chi connectivity index (χ2n) is 6.35. The van der Waals surface area contributed by atoms with E-state index in [-0.39, 0.29) is 11.2 Å². The third-order valence-electron chi connectivity index (χ3n) is 4.67. The molecule has 1 aliphatic rings. The number of carbonyl (C=O) groups is 1. The van der Waals surface area contributed by atoms with Crippen LogP contribution in [0.5, 0.6) is 0 Å². The van der Waals surface area contributed by atoms with Gasteiger partial charge in [0.1, 0.15) is 11.1 Å². The van der Waals surface area contributed by atoms with Crippen LogP contribution in [0.4, 0.5) is 0 Å². The monoisotopic (exact) mass is 379 g/mol. The minimum absolute atomic E-state index is 0.189. The van der Waals surface area contributed by atoms with Gasteiger partial charge in [0.25, 0.3) is 0 Å². The van der Waals surface area contributed by atoms with E-state index >= 15 is 0 Å². The van der Waals surface area contributed by atoms with E-state index in [1.807, 2.05) is 6.92 Å². The van der Waals surface area contributed by atoms with Crippen LogP contribution in [0, 0.1) is 0 Å². The standard InChI is InChI=1S/C18H25N3O2S2/c1-3-15(17(22)23-2)25-18-20-19-16(12-14-10-7-11-24-14)21(18)13-8-5-4-6-9-13/h7,10-11,13,15H,3-6,8-9,12H2,1-2H3/t15-/m1/s1.